The van der Waals surface area contributed by atoms with E-state index in [2.05, 4.69) is 10.3 Å². The zero-order valence-corrected chi connectivity index (χ0v) is 19.7. The summed E-state index contributed by atoms with van der Waals surface area (Å²) in [7, 11) is 0. The molecule has 2 heterocycles. The van der Waals surface area contributed by atoms with Crippen LogP contribution in [-0.2, 0) is 16.1 Å². The van der Waals surface area contributed by atoms with Crippen LogP contribution in [0.25, 0.3) is 6.08 Å². The molecule has 6 nitrogen and oxygen atoms in total. The number of anilines is 1. The largest absolute Gasteiger partial charge is 0.489 e. The molecule has 172 valence electrons. The van der Waals surface area contributed by atoms with Crippen molar-refractivity contribution >= 4 is 29.0 Å². The van der Waals surface area contributed by atoms with E-state index in [1.165, 1.54) is 6.08 Å². The average Bonchev–Trinajstić information content (AvgIpc) is 3.48. The highest BCUT2D eigenvalue weighted by molar-refractivity contribution is 7.09. The number of carbonyl (C=O) groups is 1. The van der Waals surface area contributed by atoms with Crippen molar-refractivity contribution in [2.75, 3.05) is 18.5 Å². The number of thiazole rings is 1. The third-order valence-corrected chi connectivity index (χ3v) is 6.04. The fourth-order valence-corrected chi connectivity index (χ4v) is 4.12. The zero-order chi connectivity index (χ0) is 23.0. The second-order valence-electron chi connectivity index (χ2n) is 7.95. The Morgan fingerprint density at radius 1 is 1.21 bits per heavy atom. The molecule has 1 aromatic heterocycles. The van der Waals surface area contributed by atoms with Crippen LogP contribution >= 0.6 is 11.3 Å². The van der Waals surface area contributed by atoms with Gasteiger partial charge in [-0.3, -0.25) is 4.79 Å². The molecule has 1 atom stereocenters. The van der Waals surface area contributed by atoms with Crippen molar-refractivity contribution < 1.29 is 19.0 Å². The normalized spacial score (nSPS) is 15.6. The monoisotopic (exact) mass is 464 g/mol. The number of benzene rings is 2. The highest BCUT2D eigenvalue weighted by Gasteiger charge is 2.17. The lowest BCUT2D eigenvalue weighted by atomic mass is 10.1. The Hall–Kier alpha value is -3.16. The van der Waals surface area contributed by atoms with E-state index >= 15 is 0 Å². The van der Waals surface area contributed by atoms with Crippen LogP contribution in [0, 0.1) is 13.8 Å². The van der Waals surface area contributed by atoms with Gasteiger partial charge in [-0.1, -0.05) is 24.3 Å². The first-order chi connectivity index (χ1) is 16.1. The van der Waals surface area contributed by atoms with E-state index < -0.39 is 0 Å². The van der Waals surface area contributed by atoms with E-state index in [4.69, 9.17) is 14.2 Å². The van der Waals surface area contributed by atoms with Crippen LogP contribution in [0.2, 0.25) is 0 Å². The molecular formula is C26H28N2O4S. The second kappa shape index (κ2) is 11.1. The van der Waals surface area contributed by atoms with Gasteiger partial charge in [0.25, 0.3) is 0 Å². The van der Waals surface area contributed by atoms with Crippen LogP contribution in [0.1, 0.15) is 34.7 Å². The number of aromatic nitrogens is 1. The van der Waals surface area contributed by atoms with Crippen LogP contribution in [0.3, 0.4) is 0 Å². The quantitative estimate of drug-likeness (QED) is 0.421. The molecule has 0 saturated carbocycles. The van der Waals surface area contributed by atoms with E-state index in [-0.39, 0.29) is 12.0 Å². The van der Waals surface area contributed by atoms with Gasteiger partial charge in [0.2, 0.25) is 5.91 Å². The van der Waals surface area contributed by atoms with Crippen molar-refractivity contribution in [1.29, 1.82) is 0 Å². The van der Waals surface area contributed by atoms with Crippen LogP contribution in [0.4, 0.5) is 5.69 Å². The summed E-state index contributed by atoms with van der Waals surface area (Å²) < 4.78 is 17.5. The second-order valence-corrected chi connectivity index (χ2v) is 9.01. The van der Waals surface area contributed by atoms with E-state index in [9.17, 15) is 4.79 Å². The van der Waals surface area contributed by atoms with Crippen molar-refractivity contribution in [3.63, 3.8) is 0 Å². The number of ether oxygens (including phenoxy) is 3. The Labute approximate surface area is 198 Å². The van der Waals surface area contributed by atoms with Crippen molar-refractivity contribution in [2.24, 2.45) is 0 Å². The van der Waals surface area contributed by atoms with Crippen LogP contribution in [0.5, 0.6) is 11.5 Å². The fourth-order valence-electron chi connectivity index (χ4n) is 3.53. The fraction of sp³-hybridized carbons (Fsp3) is 0.308. The summed E-state index contributed by atoms with van der Waals surface area (Å²) in [6.07, 6.45) is 5.42. The Balaban J connectivity index is 1.39. The summed E-state index contributed by atoms with van der Waals surface area (Å²) in [6.45, 7) is 5.61. The highest BCUT2D eigenvalue weighted by atomic mass is 32.1. The number of carbonyl (C=O) groups excluding carboxylic acids is 1. The van der Waals surface area contributed by atoms with Gasteiger partial charge >= 0.3 is 0 Å². The van der Waals surface area contributed by atoms with Gasteiger partial charge in [0.15, 0.2) is 0 Å². The molecule has 1 N–H and O–H groups in total. The number of nitrogens with one attached hydrogen (secondary N) is 1. The first-order valence-corrected chi connectivity index (χ1v) is 11.9. The lowest BCUT2D eigenvalue weighted by Crippen LogP contribution is -2.17. The third-order valence-electron chi connectivity index (χ3n) is 5.22. The number of rotatable bonds is 9. The summed E-state index contributed by atoms with van der Waals surface area (Å²) >= 11 is 1.60. The topological polar surface area (TPSA) is 69.7 Å². The zero-order valence-electron chi connectivity index (χ0n) is 18.9. The summed E-state index contributed by atoms with van der Waals surface area (Å²) in [4.78, 5) is 17.1. The first kappa shape index (κ1) is 23.0. The molecule has 1 aliphatic heterocycles. The summed E-state index contributed by atoms with van der Waals surface area (Å²) in [5.41, 5.74) is 3.41. The van der Waals surface area contributed by atoms with Gasteiger partial charge in [-0.15, -0.1) is 11.3 Å². The lowest BCUT2D eigenvalue weighted by Gasteiger charge is -2.15. The van der Waals surface area contributed by atoms with Crippen LogP contribution < -0.4 is 14.8 Å². The van der Waals surface area contributed by atoms with Gasteiger partial charge in [-0.2, -0.15) is 0 Å². The number of para-hydroxylation sites is 1. The van der Waals surface area contributed by atoms with Crippen molar-refractivity contribution in [3.8, 4) is 11.5 Å². The van der Waals surface area contributed by atoms with Gasteiger partial charge in [0, 0.05) is 23.6 Å². The minimum Gasteiger partial charge on any atom is -0.489 e. The van der Waals surface area contributed by atoms with Crippen LogP contribution in [0.15, 0.2) is 53.9 Å². The van der Waals surface area contributed by atoms with Gasteiger partial charge < -0.3 is 19.5 Å². The summed E-state index contributed by atoms with van der Waals surface area (Å²) in [5.74, 6) is 1.10. The Kier molecular flexibility index (Phi) is 7.75. The molecule has 1 fully saturated rings. The molecule has 1 amide bonds. The number of nitrogens with zero attached hydrogens (tertiary/aromatic N) is 1. The third kappa shape index (κ3) is 6.66. The Bertz CT molecular complexity index is 1120. The molecule has 1 saturated heterocycles. The predicted molar refractivity (Wildman–Crippen MR) is 131 cm³/mol. The summed E-state index contributed by atoms with van der Waals surface area (Å²) in [5, 5.41) is 5.92. The molecule has 3 aromatic rings. The molecule has 1 unspecified atom stereocenters. The van der Waals surface area contributed by atoms with Crippen molar-refractivity contribution in [3.05, 3.63) is 75.7 Å². The molecule has 4 rings (SSSR count). The van der Waals surface area contributed by atoms with Gasteiger partial charge in [0.1, 0.15) is 24.7 Å². The minimum absolute atomic E-state index is 0.110. The highest BCUT2D eigenvalue weighted by Crippen LogP contribution is 2.27. The minimum atomic E-state index is -0.245. The van der Waals surface area contributed by atoms with Crippen LogP contribution in [-0.4, -0.2) is 30.2 Å². The Morgan fingerprint density at radius 2 is 2.09 bits per heavy atom. The van der Waals surface area contributed by atoms with Gasteiger partial charge in [0.05, 0.1) is 22.5 Å². The summed E-state index contributed by atoms with van der Waals surface area (Å²) in [6, 6.07) is 13.3. The van der Waals surface area contributed by atoms with Gasteiger partial charge in [-0.25, -0.2) is 4.98 Å². The van der Waals surface area contributed by atoms with Gasteiger partial charge in [-0.05, 0) is 56.5 Å². The maximum absolute atomic E-state index is 12.6. The molecule has 33 heavy (non-hydrogen) atoms. The van der Waals surface area contributed by atoms with E-state index in [0.29, 0.717) is 30.4 Å². The smallest absolute Gasteiger partial charge is 0.248 e. The number of aryl methyl sites for hydroxylation is 2. The molecule has 1 aliphatic rings. The molecule has 2 aromatic carbocycles. The first-order valence-electron chi connectivity index (χ1n) is 11.0. The maximum atomic E-state index is 12.6. The molecular weight excluding hydrogens is 436 g/mol. The Morgan fingerprint density at radius 3 is 2.88 bits per heavy atom. The molecule has 0 aliphatic carbocycles. The van der Waals surface area contributed by atoms with E-state index in [1.807, 2.05) is 61.7 Å². The maximum Gasteiger partial charge on any atom is 0.248 e. The van der Waals surface area contributed by atoms with Crippen molar-refractivity contribution in [2.45, 2.75) is 39.4 Å². The van der Waals surface area contributed by atoms with E-state index in [1.54, 1.807) is 17.4 Å². The predicted octanol–water partition coefficient (Wildman–Crippen LogP) is 5.55. The van der Waals surface area contributed by atoms with Crippen molar-refractivity contribution in [1.82, 2.24) is 4.98 Å². The molecule has 0 radical (unpaired) electrons. The SMILES string of the molecule is Cc1ccc(NC(=O)/C=C/c2ccccc2OCc2csc(C)n2)c(OCC2CCCO2)c1. The average molecular weight is 465 g/mol. The number of hydrogen-bond acceptors (Lipinski definition) is 6. The number of amides is 1. The lowest BCUT2D eigenvalue weighted by molar-refractivity contribution is -0.111. The molecule has 0 spiro atoms. The van der Waals surface area contributed by atoms with E-state index in [0.717, 1.165) is 41.3 Å². The standard InChI is InChI=1S/C26H28N2O4S/c1-18-9-11-23(25(14-18)32-16-22-7-5-13-30-22)28-26(29)12-10-20-6-3-4-8-24(20)31-15-21-17-33-19(2)27-21/h3-4,6,8-12,14,17,22H,5,7,13,15-16H2,1-2H3,(H,28,29)/b12-10+. The molecule has 0 bridgehead atoms. The molecule has 7 heteroatoms. The number of hydrogen-bond donors (Lipinski definition) is 1.